The fraction of sp³-hybridized carbons (Fsp3) is 0.833. The summed E-state index contributed by atoms with van der Waals surface area (Å²) in [7, 11) is -3.15. The monoisotopic (exact) mass is 306 g/mol. The number of carboxylic acids is 1. The molecule has 0 bridgehead atoms. The molecule has 1 aliphatic heterocycles. The van der Waals surface area contributed by atoms with Crippen LogP contribution in [0.2, 0.25) is 0 Å². The second-order valence-electron chi connectivity index (χ2n) is 5.06. The summed E-state index contributed by atoms with van der Waals surface area (Å²) >= 11 is 0. The van der Waals surface area contributed by atoms with Crippen LogP contribution >= 0.6 is 0 Å². The third-order valence-electron chi connectivity index (χ3n) is 3.51. The van der Waals surface area contributed by atoms with E-state index in [4.69, 9.17) is 5.11 Å². The van der Waals surface area contributed by atoms with Crippen LogP contribution in [0.1, 0.15) is 33.1 Å². The molecule has 1 heterocycles. The van der Waals surface area contributed by atoms with Crippen LogP contribution in [-0.4, -0.2) is 60.6 Å². The van der Waals surface area contributed by atoms with Crippen LogP contribution in [0.5, 0.6) is 0 Å². The minimum atomic E-state index is -3.15. The Hall–Kier alpha value is -1.31. The Morgan fingerprint density at radius 3 is 2.55 bits per heavy atom. The van der Waals surface area contributed by atoms with Gasteiger partial charge in [-0.15, -0.1) is 0 Å². The van der Waals surface area contributed by atoms with Crippen LogP contribution in [0, 0.1) is 0 Å². The maximum absolute atomic E-state index is 12.0. The largest absolute Gasteiger partial charge is 0.481 e. The molecule has 116 valence electrons. The van der Waals surface area contributed by atoms with Gasteiger partial charge < -0.3 is 15.3 Å². The van der Waals surface area contributed by atoms with E-state index in [1.807, 2.05) is 0 Å². The lowest BCUT2D eigenvalue weighted by atomic mass is 10.3. The highest BCUT2D eigenvalue weighted by molar-refractivity contribution is 7.92. The fourth-order valence-corrected chi connectivity index (χ4v) is 4.14. The lowest BCUT2D eigenvalue weighted by Gasteiger charge is -2.35. The molecule has 0 radical (unpaired) electrons. The fourth-order valence-electron chi connectivity index (χ4n) is 2.24. The molecule has 20 heavy (non-hydrogen) atoms. The Balaban J connectivity index is 2.51. The first kappa shape index (κ1) is 16.7. The van der Waals surface area contributed by atoms with E-state index >= 15 is 0 Å². The van der Waals surface area contributed by atoms with E-state index in [1.165, 1.54) is 4.90 Å². The first-order chi connectivity index (χ1) is 9.28. The van der Waals surface area contributed by atoms with Crippen molar-refractivity contribution in [2.45, 2.75) is 43.6 Å². The van der Waals surface area contributed by atoms with Crippen molar-refractivity contribution in [3.8, 4) is 0 Å². The zero-order chi connectivity index (χ0) is 15.3. The first-order valence-corrected chi connectivity index (χ1v) is 8.37. The molecule has 0 spiro atoms. The van der Waals surface area contributed by atoms with Crippen LogP contribution in [0.15, 0.2) is 0 Å². The van der Waals surface area contributed by atoms with Gasteiger partial charge in [-0.2, -0.15) is 0 Å². The Labute approximate surface area is 119 Å². The molecule has 2 N–H and O–H groups in total. The summed E-state index contributed by atoms with van der Waals surface area (Å²) in [5, 5.41) is 10.0. The number of nitrogens with zero attached hydrogens (tertiary/aromatic N) is 1. The minimum absolute atomic E-state index is 0.00263. The van der Waals surface area contributed by atoms with Crippen LogP contribution in [0.25, 0.3) is 0 Å². The van der Waals surface area contributed by atoms with Gasteiger partial charge in [0.05, 0.1) is 10.5 Å². The lowest BCUT2D eigenvalue weighted by molar-refractivity contribution is -0.137. The van der Waals surface area contributed by atoms with Crippen molar-refractivity contribution in [3.63, 3.8) is 0 Å². The number of carbonyl (C=O) groups excluding carboxylic acids is 1. The van der Waals surface area contributed by atoms with E-state index in [0.29, 0.717) is 12.8 Å². The molecule has 1 aliphatic rings. The number of carbonyl (C=O) groups is 2. The van der Waals surface area contributed by atoms with Crippen molar-refractivity contribution in [1.29, 1.82) is 0 Å². The van der Waals surface area contributed by atoms with Gasteiger partial charge in [-0.25, -0.2) is 13.2 Å². The Morgan fingerprint density at radius 1 is 1.35 bits per heavy atom. The van der Waals surface area contributed by atoms with Crippen LogP contribution in [0.3, 0.4) is 0 Å². The van der Waals surface area contributed by atoms with Crippen molar-refractivity contribution in [1.82, 2.24) is 10.2 Å². The molecule has 2 amide bonds. The zero-order valence-corrected chi connectivity index (χ0v) is 12.6. The van der Waals surface area contributed by atoms with Gasteiger partial charge in [0.15, 0.2) is 9.84 Å². The summed E-state index contributed by atoms with van der Waals surface area (Å²) < 4.78 is 24.0. The molecule has 1 saturated heterocycles. The van der Waals surface area contributed by atoms with Crippen LogP contribution in [-0.2, 0) is 14.6 Å². The summed E-state index contributed by atoms with van der Waals surface area (Å²) in [5.41, 5.74) is 0. The van der Waals surface area contributed by atoms with Crippen molar-refractivity contribution in [2.24, 2.45) is 0 Å². The van der Waals surface area contributed by atoms with E-state index in [9.17, 15) is 18.0 Å². The smallest absolute Gasteiger partial charge is 0.317 e. The van der Waals surface area contributed by atoms with Crippen molar-refractivity contribution in [2.75, 3.05) is 19.6 Å². The Morgan fingerprint density at radius 2 is 2.00 bits per heavy atom. The summed E-state index contributed by atoms with van der Waals surface area (Å²) in [5.74, 6) is -0.900. The number of carboxylic acid groups (broad SMARTS) is 1. The number of urea groups is 1. The number of hydrogen-bond acceptors (Lipinski definition) is 4. The van der Waals surface area contributed by atoms with Gasteiger partial charge >= 0.3 is 12.0 Å². The van der Waals surface area contributed by atoms with E-state index in [2.05, 4.69) is 5.32 Å². The third kappa shape index (κ3) is 4.09. The van der Waals surface area contributed by atoms with Gasteiger partial charge in [0.2, 0.25) is 0 Å². The quantitative estimate of drug-likeness (QED) is 0.718. The predicted octanol–water partition coefficient (Wildman–Crippen LogP) is 0.458. The topological polar surface area (TPSA) is 104 Å². The lowest BCUT2D eigenvalue weighted by Crippen LogP contribution is -2.55. The number of nitrogens with one attached hydrogen (secondary N) is 1. The van der Waals surface area contributed by atoms with Gasteiger partial charge in [-0.3, -0.25) is 4.79 Å². The normalized spacial score (nSPS) is 25.2. The molecule has 8 heteroatoms. The molecule has 0 aliphatic carbocycles. The number of sulfone groups is 1. The molecule has 1 fully saturated rings. The van der Waals surface area contributed by atoms with Crippen molar-refractivity contribution < 1.29 is 23.1 Å². The molecule has 1 rings (SSSR count). The average molecular weight is 306 g/mol. The number of aliphatic carboxylic acids is 1. The highest BCUT2D eigenvalue weighted by Crippen LogP contribution is 2.21. The second-order valence-corrected chi connectivity index (χ2v) is 7.71. The van der Waals surface area contributed by atoms with Crippen LogP contribution < -0.4 is 5.32 Å². The standard InChI is InChI=1S/C12H22N2O5S/c1-3-10-8-14(7-9(2)20(10,18)19)12(17)13-6-4-5-11(15)16/h9-10H,3-8H2,1-2H3,(H,13,17)(H,15,16). The van der Waals surface area contributed by atoms with Crippen molar-refractivity contribution >= 4 is 21.8 Å². The maximum Gasteiger partial charge on any atom is 0.317 e. The highest BCUT2D eigenvalue weighted by Gasteiger charge is 2.38. The van der Waals surface area contributed by atoms with Crippen molar-refractivity contribution in [3.05, 3.63) is 0 Å². The Bertz CT molecular complexity index is 462. The second kappa shape index (κ2) is 6.92. The molecule has 2 atom stereocenters. The first-order valence-electron chi connectivity index (χ1n) is 6.76. The maximum atomic E-state index is 12.0. The van der Waals surface area contributed by atoms with E-state index in [0.717, 1.165) is 0 Å². The number of rotatable bonds is 5. The summed E-state index contributed by atoms with van der Waals surface area (Å²) in [6.45, 7) is 4.07. The SMILES string of the molecule is CCC1CN(C(=O)NCCCC(=O)O)CC(C)S1(=O)=O. The molecular formula is C12H22N2O5S. The molecule has 0 aromatic heterocycles. The van der Waals surface area contributed by atoms with Crippen LogP contribution in [0.4, 0.5) is 4.79 Å². The zero-order valence-electron chi connectivity index (χ0n) is 11.8. The van der Waals surface area contributed by atoms with Gasteiger partial charge in [-0.1, -0.05) is 6.92 Å². The third-order valence-corrected chi connectivity index (χ3v) is 6.20. The van der Waals surface area contributed by atoms with E-state index in [1.54, 1.807) is 13.8 Å². The molecular weight excluding hydrogens is 284 g/mol. The molecule has 7 nitrogen and oxygen atoms in total. The van der Waals surface area contributed by atoms with Gasteiger partial charge in [-0.05, 0) is 19.8 Å². The van der Waals surface area contributed by atoms with E-state index < -0.39 is 26.3 Å². The van der Waals surface area contributed by atoms with E-state index in [-0.39, 0.29) is 32.1 Å². The minimum Gasteiger partial charge on any atom is -0.481 e. The molecule has 0 saturated carbocycles. The van der Waals surface area contributed by atoms with Gasteiger partial charge in [0, 0.05) is 26.1 Å². The van der Waals surface area contributed by atoms with Gasteiger partial charge in [0.25, 0.3) is 0 Å². The average Bonchev–Trinajstić information content (AvgIpc) is 2.37. The predicted molar refractivity (Wildman–Crippen MR) is 74.3 cm³/mol. The summed E-state index contributed by atoms with van der Waals surface area (Å²) in [6.07, 6.45) is 0.845. The number of amides is 2. The molecule has 2 unspecified atom stereocenters. The number of hydrogen-bond donors (Lipinski definition) is 2. The van der Waals surface area contributed by atoms with Gasteiger partial charge in [0.1, 0.15) is 0 Å². The Kier molecular flexibility index (Phi) is 5.79. The summed E-state index contributed by atoms with van der Waals surface area (Å²) in [4.78, 5) is 23.8. The summed E-state index contributed by atoms with van der Waals surface area (Å²) in [6, 6.07) is -0.324. The highest BCUT2D eigenvalue weighted by atomic mass is 32.2. The molecule has 0 aromatic carbocycles. The molecule has 0 aromatic rings.